The van der Waals surface area contributed by atoms with Crippen LogP contribution < -0.4 is 0 Å². The van der Waals surface area contributed by atoms with Gasteiger partial charge >= 0.3 is 5.97 Å². The molecule has 0 aromatic heterocycles. The fourth-order valence-corrected chi connectivity index (χ4v) is 3.70. The third-order valence-electron chi connectivity index (χ3n) is 5.11. The molecule has 5 heteroatoms. The minimum atomic E-state index is -0.423. The molecular formula is C23H32N2O3. The molecule has 1 heterocycles. The predicted octanol–water partition coefficient (Wildman–Crippen LogP) is 3.44. The topological polar surface area (TPSA) is 53.0 Å². The minimum Gasteiger partial charge on any atom is -0.508 e. The van der Waals surface area contributed by atoms with Crippen LogP contribution in [0.4, 0.5) is 0 Å². The first kappa shape index (κ1) is 20.6. The number of carbonyl (C=O) groups is 1. The van der Waals surface area contributed by atoms with E-state index in [1.54, 1.807) is 0 Å². The molecule has 0 radical (unpaired) electrons. The van der Waals surface area contributed by atoms with E-state index < -0.39 is 5.60 Å². The molecule has 1 N–H and O–H groups in total. The first-order valence-corrected chi connectivity index (χ1v) is 10.2. The molecule has 152 valence electrons. The number of esters is 1. The third-order valence-corrected chi connectivity index (χ3v) is 5.11. The summed E-state index contributed by atoms with van der Waals surface area (Å²) in [5.41, 5.74) is 0.593. The largest absolute Gasteiger partial charge is 0.508 e. The van der Waals surface area contributed by atoms with E-state index >= 15 is 0 Å². The lowest BCUT2D eigenvalue weighted by Crippen LogP contribution is -2.48. The van der Waals surface area contributed by atoms with E-state index in [2.05, 4.69) is 21.9 Å². The van der Waals surface area contributed by atoms with E-state index in [9.17, 15) is 9.90 Å². The van der Waals surface area contributed by atoms with Gasteiger partial charge in [0.05, 0.1) is 6.54 Å². The van der Waals surface area contributed by atoms with Crippen LogP contribution in [0.25, 0.3) is 10.8 Å². The highest BCUT2D eigenvalue weighted by atomic mass is 16.6. The summed E-state index contributed by atoms with van der Waals surface area (Å²) in [6, 6.07) is 12.1. The van der Waals surface area contributed by atoms with E-state index in [-0.39, 0.29) is 5.97 Å². The van der Waals surface area contributed by atoms with Crippen molar-refractivity contribution in [3.63, 3.8) is 0 Å². The van der Waals surface area contributed by atoms with Gasteiger partial charge in [-0.2, -0.15) is 0 Å². The van der Waals surface area contributed by atoms with Gasteiger partial charge in [0.1, 0.15) is 11.4 Å². The van der Waals surface area contributed by atoms with Gasteiger partial charge in [0, 0.05) is 26.2 Å². The van der Waals surface area contributed by atoms with Crippen LogP contribution in [0.1, 0.15) is 32.8 Å². The highest BCUT2D eigenvalue weighted by Crippen LogP contribution is 2.26. The molecule has 1 saturated heterocycles. The van der Waals surface area contributed by atoms with Crippen LogP contribution in [-0.2, 0) is 16.0 Å². The molecule has 1 fully saturated rings. The number of piperazine rings is 1. The highest BCUT2D eigenvalue weighted by molar-refractivity contribution is 5.84. The molecule has 0 bridgehead atoms. The summed E-state index contributed by atoms with van der Waals surface area (Å²) in [6.45, 7) is 10.8. The average Bonchev–Trinajstić information content (AvgIpc) is 2.62. The maximum atomic E-state index is 12.0. The number of rotatable bonds is 6. The summed E-state index contributed by atoms with van der Waals surface area (Å²) < 4.78 is 5.41. The summed E-state index contributed by atoms with van der Waals surface area (Å²) in [6.07, 6.45) is 1.88. The monoisotopic (exact) mass is 384 g/mol. The Morgan fingerprint density at radius 3 is 2.29 bits per heavy atom. The van der Waals surface area contributed by atoms with Crippen LogP contribution in [0.5, 0.6) is 5.75 Å². The van der Waals surface area contributed by atoms with Crippen molar-refractivity contribution >= 4 is 16.7 Å². The van der Waals surface area contributed by atoms with Gasteiger partial charge < -0.3 is 14.7 Å². The van der Waals surface area contributed by atoms with Crippen molar-refractivity contribution in [3.05, 3.63) is 42.0 Å². The van der Waals surface area contributed by atoms with E-state index in [1.807, 2.05) is 45.0 Å². The molecule has 0 aliphatic carbocycles. The van der Waals surface area contributed by atoms with Gasteiger partial charge in [-0.3, -0.25) is 9.69 Å². The van der Waals surface area contributed by atoms with Crippen molar-refractivity contribution in [2.75, 3.05) is 39.3 Å². The number of aromatic hydroxyl groups is 1. The van der Waals surface area contributed by atoms with Gasteiger partial charge in [0.25, 0.3) is 0 Å². The molecule has 28 heavy (non-hydrogen) atoms. The molecule has 0 amide bonds. The minimum absolute atomic E-state index is 0.146. The Hall–Kier alpha value is -2.11. The summed E-state index contributed by atoms with van der Waals surface area (Å²) in [4.78, 5) is 16.6. The van der Waals surface area contributed by atoms with Crippen molar-refractivity contribution in [2.24, 2.45) is 0 Å². The van der Waals surface area contributed by atoms with Gasteiger partial charge in [-0.1, -0.05) is 24.3 Å². The fraction of sp³-hybridized carbons (Fsp3) is 0.522. The van der Waals surface area contributed by atoms with Crippen molar-refractivity contribution in [1.82, 2.24) is 9.80 Å². The molecule has 0 saturated carbocycles. The number of aryl methyl sites for hydroxylation is 1. The Morgan fingerprint density at radius 1 is 1.04 bits per heavy atom. The van der Waals surface area contributed by atoms with Crippen molar-refractivity contribution in [2.45, 2.75) is 39.2 Å². The van der Waals surface area contributed by atoms with Gasteiger partial charge in [-0.15, -0.1) is 0 Å². The average molecular weight is 385 g/mol. The summed E-state index contributed by atoms with van der Waals surface area (Å²) in [7, 11) is 0. The highest BCUT2D eigenvalue weighted by Gasteiger charge is 2.22. The van der Waals surface area contributed by atoms with Crippen molar-refractivity contribution < 1.29 is 14.6 Å². The van der Waals surface area contributed by atoms with Gasteiger partial charge in [-0.25, -0.2) is 0 Å². The summed E-state index contributed by atoms with van der Waals surface area (Å²) >= 11 is 0. The summed E-state index contributed by atoms with van der Waals surface area (Å²) in [5.74, 6) is 0.244. The lowest BCUT2D eigenvalue weighted by Gasteiger charge is -2.34. The molecular weight excluding hydrogens is 352 g/mol. The van der Waals surface area contributed by atoms with Crippen LogP contribution in [-0.4, -0.2) is 65.7 Å². The second kappa shape index (κ2) is 8.93. The number of hydrogen-bond donors (Lipinski definition) is 1. The Kier molecular flexibility index (Phi) is 6.57. The number of nitrogens with zero attached hydrogens (tertiary/aromatic N) is 2. The molecule has 0 unspecified atom stereocenters. The number of carbonyl (C=O) groups excluding carboxylic acids is 1. The smallest absolute Gasteiger partial charge is 0.320 e. The number of fused-ring (bicyclic) bond motifs is 1. The molecule has 0 spiro atoms. The molecule has 2 aromatic carbocycles. The molecule has 5 nitrogen and oxygen atoms in total. The van der Waals surface area contributed by atoms with E-state index in [0.717, 1.165) is 56.5 Å². The maximum Gasteiger partial charge on any atom is 0.320 e. The lowest BCUT2D eigenvalue weighted by molar-refractivity contribution is -0.156. The number of ether oxygens (including phenoxy) is 1. The molecule has 1 aliphatic rings. The second-order valence-electron chi connectivity index (χ2n) is 8.64. The molecule has 0 atom stereocenters. The number of phenolic OH excluding ortho intramolecular Hbond substituents is 1. The molecule has 1 aliphatic heterocycles. The standard InChI is InChI=1S/C23H32N2O3/c1-23(2,3)28-22(27)17-25-13-11-24(12-14-25)10-6-9-20-15-18-7-4-5-8-19(18)16-21(20)26/h4-5,7-8,15-16,26H,6,9-14,17H2,1-3H3. The van der Waals surface area contributed by atoms with E-state index in [4.69, 9.17) is 4.74 Å². The van der Waals surface area contributed by atoms with Gasteiger partial charge in [0.2, 0.25) is 0 Å². The second-order valence-corrected chi connectivity index (χ2v) is 8.64. The number of phenols is 1. The SMILES string of the molecule is CC(C)(C)OC(=O)CN1CCN(CCCc2cc3ccccc3cc2O)CC1. The van der Waals surface area contributed by atoms with E-state index in [0.29, 0.717) is 12.3 Å². The Balaban J connectivity index is 1.41. The predicted molar refractivity (Wildman–Crippen MR) is 113 cm³/mol. The van der Waals surface area contributed by atoms with Crippen LogP contribution in [0.15, 0.2) is 36.4 Å². The first-order chi connectivity index (χ1) is 13.3. The molecule has 2 aromatic rings. The first-order valence-electron chi connectivity index (χ1n) is 10.2. The van der Waals surface area contributed by atoms with Crippen LogP contribution in [0.3, 0.4) is 0 Å². The zero-order valence-corrected chi connectivity index (χ0v) is 17.3. The third kappa shape index (κ3) is 5.94. The Morgan fingerprint density at radius 2 is 1.64 bits per heavy atom. The lowest BCUT2D eigenvalue weighted by atomic mass is 10.0. The van der Waals surface area contributed by atoms with Crippen LogP contribution in [0, 0.1) is 0 Å². The normalized spacial score (nSPS) is 16.4. The zero-order valence-electron chi connectivity index (χ0n) is 17.3. The zero-order chi connectivity index (χ0) is 20.1. The van der Waals surface area contributed by atoms with Gasteiger partial charge in [0.15, 0.2) is 0 Å². The fourth-order valence-electron chi connectivity index (χ4n) is 3.70. The van der Waals surface area contributed by atoms with Crippen LogP contribution in [0.2, 0.25) is 0 Å². The Bertz CT molecular complexity index is 805. The maximum absolute atomic E-state index is 12.0. The quantitative estimate of drug-likeness (QED) is 0.774. The molecule has 3 rings (SSSR count). The van der Waals surface area contributed by atoms with Crippen LogP contribution >= 0.6 is 0 Å². The van der Waals surface area contributed by atoms with Crippen molar-refractivity contribution in [1.29, 1.82) is 0 Å². The Labute approximate surface area is 167 Å². The number of hydrogen-bond acceptors (Lipinski definition) is 5. The summed E-state index contributed by atoms with van der Waals surface area (Å²) in [5, 5.41) is 12.5. The van der Waals surface area contributed by atoms with E-state index in [1.165, 1.54) is 5.39 Å². The van der Waals surface area contributed by atoms with Crippen molar-refractivity contribution in [3.8, 4) is 5.75 Å². The van der Waals surface area contributed by atoms with Gasteiger partial charge in [-0.05, 0) is 68.6 Å². The number of benzene rings is 2.